The molecule has 46 heavy (non-hydrogen) atoms. The van der Waals surface area contributed by atoms with Crippen molar-refractivity contribution >= 4 is 0 Å². The van der Waals surface area contributed by atoms with Crippen molar-refractivity contribution in [1.82, 2.24) is 5.32 Å². The molecule has 0 saturated heterocycles. The van der Waals surface area contributed by atoms with E-state index in [0.29, 0.717) is 35.1 Å². The Balaban J connectivity index is 0.00000122. The van der Waals surface area contributed by atoms with E-state index < -0.39 is 0 Å². The Morgan fingerprint density at radius 1 is 0.935 bits per heavy atom. The van der Waals surface area contributed by atoms with Crippen LogP contribution in [0.4, 0.5) is 0 Å². The van der Waals surface area contributed by atoms with Gasteiger partial charge in [0.1, 0.15) is 0 Å². The zero-order chi connectivity index (χ0) is 35.6. The van der Waals surface area contributed by atoms with Crippen LogP contribution in [-0.4, -0.2) is 6.04 Å². The zero-order valence-corrected chi connectivity index (χ0v) is 32.0. The minimum atomic E-state index is 0.411. The molecule has 5 unspecified atom stereocenters. The van der Waals surface area contributed by atoms with Gasteiger partial charge in [-0.15, -0.1) is 19.7 Å². The maximum absolute atomic E-state index is 4.71. The molecule has 258 valence electrons. The lowest BCUT2D eigenvalue weighted by molar-refractivity contribution is 0.269. The smallest absolute Gasteiger partial charge is 0.0201 e. The fourth-order valence-electron chi connectivity index (χ4n) is 7.46. The van der Waals surface area contributed by atoms with Crippen molar-refractivity contribution in [1.29, 1.82) is 0 Å². The van der Waals surface area contributed by atoms with Crippen LogP contribution in [0.25, 0.3) is 0 Å². The van der Waals surface area contributed by atoms with E-state index in [4.69, 9.17) is 6.58 Å². The Labute approximate surface area is 287 Å². The molecule has 2 aliphatic rings. The van der Waals surface area contributed by atoms with Crippen molar-refractivity contribution < 1.29 is 0 Å². The van der Waals surface area contributed by atoms with Crippen LogP contribution in [0.5, 0.6) is 0 Å². The van der Waals surface area contributed by atoms with Crippen molar-refractivity contribution in [3.05, 3.63) is 122 Å². The molecule has 3 rings (SSSR count). The van der Waals surface area contributed by atoms with Gasteiger partial charge in [-0.05, 0) is 131 Å². The van der Waals surface area contributed by atoms with Gasteiger partial charge in [0.15, 0.2) is 0 Å². The zero-order valence-electron chi connectivity index (χ0n) is 32.0. The molecule has 5 atom stereocenters. The second-order valence-electron chi connectivity index (χ2n) is 14.6. The lowest BCUT2D eigenvalue weighted by Gasteiger charge is -2.33. The number of nitrogens with one attached hydrogen (secondary N) is 1. The number of hydrogen-bond donors (Lipinski definition) is 1. The lowest BCUT2D eigenvalue weighted by Crippen LogP contribution is -2.25. The standard InChI is InChI=1S/C32H46.C6H13N.C4H8.C3H6/c1-10-12-17-28(23(6)21(3)4)29(31-30(11-2)32(31,8)9)18-22(5)24(7)27-19-25-15-13-14-16-26(25)20-27;1-5(2)7-6(3)4;1-3-4-2;1-3-2/h10,13-16,24,27-31H,1,3,5-6,11-12,17-20H2,2,4,7-9H3;6-7H,1H2,2-4H3;3H,1,4H2,2H3;3H,1H2,2H3. The predicted molar refractivity (Wildman–Crippen MR) is 211 cm³/mol. The van der Waals surface area contributed by atoms with Crippen LogP contribution in [0, 0.1) is 40.9 Å². The summed E-state index contributed by atoms with van der Waals surface area (Å²) in [6.45, 7) is 50.0. The second kappa shape index (κ2) is 21.9. The summed E-state index contributed by atoms with van der Waals surface area (Å²) in [5.41, 5.74) is 8.38. The van der Waals surface area contributed by atoms with Gasteiger partial charge in [-0.3, -0.25) is 0 Å². The van der Waals surface area contributed by atoms with Gasteiger partial charge < -0.3 is 5.32 Å². The largest absolute Gasteiger partial charge is 0.387 e. The topological polar surface area (TPSA) is 12.0 Å². The van der Waals surface area contributed by atoms with Gasteiger partial charge in [0.25, 0.3) is 0 Å². The van der Waals surface area contributed by atoms with Gasteiger partial charge in [0.2, 0.25) is 0 Å². The lowest BCUT2D eigenvalue weighted by atomic mass is 9.71. The highest BCUT2D eigenvalue weighted by Gasteiger charge is 2.60. The molecule has 1 fully saturated rings. The molecule has 2 aliphatic carbocycles. The van der Waals surface area contributed by atoms with Crippen molar-refractivity contribution in [2.45, 2.75) is 120 Å². The minimum absolute atomic E-state index is 0.411. The van der Waals surface area contributed by atoms with Gasteiger partial charge in [0.05, 0.1) is 0 Å². The Kier molecular flexibility index (Phi) is 20.6. The SMILES string of the molecule is C=C(C)NC(C)C.C=CC.C=CCC.C=CCCC(C(=C)C(=C)C)C(CC(=C)C(C)C1Cc2ccccc2C1)C1C(CC)C1(C)C. The van der Waals surface area contributed by atoms with Gasteiger partial charge in [0, 0.05) is 11.7 Å². The van der Waals surface area contributed by atoms with Crippen molar-refractivity contribution in [3.8, 4) is 0 Å². The summed E-state index contributed by atoms with van der Waals surface area (Å²) >= 11 is 0. The first-order valence-corrected chi connectivity index (χ1v) is 17.9. The van der Waals surface area contributed by atoms with Crippen LogP contribution in [0.15, 0.2) is 111 Å². The first-order chi connectivity index (χ1) is 21.6. The molecule has 0 heterocycles. The van der Waals surface area contributed by atoms with Crippen molar-refractivity contribution in [2.75, 3.05) is 0 Å². The normalized spacial score (nSPS) is 19.1. The maximum atomic E-state index is 4.71. The predicted octanol–water partition coefficient (Wildman–Crippen LogP) is 13.3. The first kappa shape index (κ1) is 43.2. The van der Waals surface area contributed by atoms with Crippen molar-refractivity contribution in [2.24, 2.45) is 40.9 Å². The third-order valence-corrected chi connectivity index (χ3v) is 9.99. The maximum Gasteiger partial charge on any atom is 0.0201 e. The molecule has 0 spiro atoms. The fraction of sp³-hybridized carbons (Fsp3) is 0.556. The molecule has 1 heteroatoms. The van der Waals surface area contributed by atoms with Gasteiger partial charge in [-0.2, -0.15) is 0 Å². The number of rotatable bonds is 15. The van der Waals surface area contributed by atoms with Crippen LogP contribution >= 0.6 is 0 Å². The van der Waals surface area contributed by atoms with E-state index in [1.54, 1.807) is 17.2 Å². The van der Waals surface area contributed by atoms with Gasteiger partial charge >= 0.3 is 0 Å². The van der Waals surface area contributed by atoms with E-state index in [2.05, 4.69) is 131 Å². The molecule has 0 aromatic heterocycles. The summed E-state index contributed by atoms with van der Waals surface area (Å²) in [4.78, 5) is 0. The summed E-state index contributed by atoms with van der Waals surface area (Å²) in [6, 6.07) is 9.52. The third kappa shape index (κ3) is 13.9. The van der Waals surface area contributed by atoms with Crippen LogP contribution < -0.4 is 5.32 Å². The van der Waals surface area contributed by atoms with E-state index in [9.17, 15) is 0 Å². The Hall–Kier alpha value is -2.80. The average molecular weight is 628 g/mol. The van der Waals surface area contributed by atoms with Gasteiger partial charge in [-0.25, -0.2) is 0 Å². The third-order valence-electron chi connectivity index (χ3n) is 9.99. The average Bonchev–Trinajstić information content (AvgIpc) is 3.31. The van der Waals surface area contributed by atoms with Crippen LogP contribution in [0.1, 0.15) is 112 Å². The summed E-state index contributed by atoms with van der Waals surface area (Å²) < 4.78 is 0. The number of benzene rings is 1. The second-order valence-corrected chi connectivity index (χ2v) is 14.6. The highest BCUT2D eigenvalue weighted by atomic mass is 14.9. The molecule has 1 saturated carbocycles. The number of hydrogen-bond acceptors (Lipinski definition) is 1. The monoisotopic (exact) mass is 628 g/mol. The molecule has 0 aliphatic heterocycles. The van der Waals surface area contributed by atoms with Crippen LogP contribution in [-0.2, 0) is 12.8 Å². The quantitative estimate of drug-likeness (QED) is 0.151. The summed E-state index contributed by atoms with van der Waals surface area (Å²) in [5, 5.41) is 3.11. The van der Waals surface area contributed by atoms with Crippen LogP contribution in [0.2, 0.25) is 0 Å². The Bertz CT molecular complexity index is 1100. The van der Waals surface area contributed by atoms with E-state index in [1.165, 1.54) is 30.4 Å². The molecule has 1 aromatic rings. The Morgan fingerprint density at radius 2 is 1.43 bits per heavy atom. The van der Waals surface area contributed by atoms with E-state index in [-0.39, 0.29) is 0 Å². The Morgan fingerprint density at radius 3 is 1.76 bits per heavy atom. The van der Waals surface area contributed by atoms with E-state index in [0.717, 1.165) is 48.8 Å². The fourth-order valence-corrected chi connectivity index (χ4v) is 7.46. The highest BCUT2D eigenvalue weighted by Crippen LogP contribution is 2.66. The minimum Gasteiger partial charge on any atom is -0.387 e. The van der Waals surface area contributed by atoms with Crippen molar-refractivity contribution in [3.63, 3.8) is 0 Å². The molecular weight excluding hydrogens is 555 g/mol. The molecule has 1 N–H and O–H groups in total. The van der Waals surface area contributed by atoms with Gasteiger partial charge in [-0.1, -0.05) is 121 Å². The molecule has 0 radical (unpaired) electrons. The van der Waals surface area contributed by atoms with E-state index >= 15 is 0 Å². The molecular formula is C45H73N. The van der Waals surface area contributed by atoms with E-state index in [1.807, 2.05) is 19.9 Å². The molecule has 0 amide bonds. The summed E-state index contributed by atoms with van der Waals surface area (Å²) in [7, 11) is 0. The molecule has 0 bridgehead atoms. The number of fused-ring (bicyclic) bond motifs is 1. The van der Waals surface area contributed by atoms with Crippen LogP contribution in [0.3, 0.4) is 0 Å². The summed E-state index contributed by atoms with van der Waals surface area (Å²) in [5.74, 6) is 3.84. The molecule has 1 nitrogen and oxygen atoms in total. The first-order valence-electron chi connectivity index (χ1n) is 17.9. The number of allylic oxidation sites excluding steroid dienone is 7. The summed E-state index contributed by atoms with van der Waals surface area (Å²) in [6.07, 6.45) is 13.7. The molecule has 1 aromatic carbocycles. The highest BCUT2D eigenvalue weighted by molar-refractivity contribution is 5.33.